The molecule has 6 nitrogen and oxygen atoms in total. The maximum Gasteiger partial charge on any atom is 0.191 e. The summed E-state index contributed by atoms with van der Waals surface area (Å²) in [6.07, 6.45) is 1.26. The van der Waals surface area contributed by atoms with Crippen LogP contribution in [0.1, 0.15) is 48.5 Å². The number of guanidine groups is 1. The van der Waals surface area contributed by atoms with Crippen LogP contribution < -0.4 is 10.6 Å². The van der Waals surface area contributed by atoms with Crippen molar-refractivity contribution in [3.05, 3.63) is 0 Å². The molecule has 0 aromatic carbocycles. The Morgan fingerprint density at radius 3 is 2.00 bits per heavy atom. The number of sulfone groups is 1. The molecule has 0 atom stereocenters. The van der Waals surface area contributed by atoms with Gasteiger partial charge in [-0.05, 0) is 48.5 Å². The SMILES string of the molecule is CCNC(=NCC(C)(C)S(C)(=O)=O)NCCN(C(C)C)C(C)C.I. The first kappa shape index (κ1) is 26.1. The van der Waals surface area contributed by atoms with Gasteiger partial charge in [0, 0.05) is 38.0 Å². The summed E-state index contributed by atoms with van der Waals surface area (Å²) in [7, 11) is -3.14. The predicted octanol–water partition coefficient (Wildman–Crippen LogP) is 2.10. The Labute approximate surface area is 166 Å². The highest BCUT2D eigenvalue weighted by atomic mass is 127. The Morgan fingerprint density at radius 1 is 1.12 bits per heavy atom. The van der Waals surface area contributed by atoms with Gasteiger partial charge in [0.15, 0.2) is 15.8 Å². The van der Waals surface area contributed by atoms with Gasteiger partial charge < -0.3 is 10.6 Å². The van der Waals surface area contributed by atoms with Gasteiger partial charge in [0.1, 0.15) is 0 Å². The van der Waals surface area contributed by atoms with Crippen molar-refractivity contribution in [2.75, 3.05) is 32.4 Å². The van der Waals surface area contributed by atoms with E-state index < -0.39 is 14.6 Å². The van der Waals surface area contributed by atoms with Gasteiger partial charge in [0.2, 0.25) is 0 Å². The Balaban J connectivity index is 0. The largest absolute Gasteiger partial charge is 0.357 e. The standard InChI is InChI=1S/C16H36N4O2S.HI/c1-9-17-15(19-12-16(6,7)23(8,21)22)18-10-11-20(13(2)3)14(4)5;/h13-14H,9-12H2,1-8H3,(H2,17,18,19);1H. The Bertz CT molecular complexity index is 468. The second-order valence-corrected chi connectivity index (χ2v) is 9.73. The minimum Gasteiger partial charge on any atom is -0.357 e. The third-order valence-electron chi connectivity index (χ3n) is 3.95. The lowest BCUT2D eigenvalue weighted by molar-refractivity contribution is 0.178. The topological polar surface area (TPSA) is 73.8 Å². The van der Waals surface area contributed by atoms with Gasteiger partial charge in [-0.15, -0.1) is 24.0 Å². The van der Waals surface area contributed by atoms with Crippen molar-refractivity contribution < 1.29 is 8.42 Å². The van der Waals surface area contributed by atoms with Crippen molar-refractivity contribution in [1.29, 1.82) is 0 Å². The van der Waals surface area contributed by atoms with Crippen molar-refractivity contribution >= 4 is 39.8 Å². The van der Waals surface area contributed by atoms with E-state index in [4.69, 9.17) is 0 Å². The molecule has 0 aliphatic rings. The maximum atomic E-state index is 11.8. The fourth-order valence-electron chi connectivity index (χ4n) is 2.14. The summed E-state index contributed by atoms with van der Waals surface area (Å²) in [4.78, 5) is 6.83. The predicted molar refractivity (Wildman–Crippen MR) is 115 cm³/mol. The molecule has 0 radical (unpaired) electrons. The summed E-state index contributed by atoms with van der Waals surface area (Å²) in [6, 6.07) is 0.973. The molecule has 0 heterocycles. The Hall–Kier alpha value is -0.0900. The Kier molecular flexibility index (Phi) is 12.5. The van der Waals surface area contributed by atoms with Crippen molar-refractivity contribution in [2.45, 2.75) is 65.3 Å². The lowest BCUT2D eigenvalue weighted by atomic mass is 10.2. The van der Waals surface area contributed by atoms with E-state index in [1.165, 1.54) is 6.26 Å². The molecule has 0 fully saturated rings. The molecular weight excluding hydrogens is 439 g/mol. The second kappa shape index (κ2) is 11.5. The monoisotopic (exact) mass is 476 g/mol. The van der Waals surface area contributed by atoms with Crippen LogP contribution in [0.5, 0.6) is 0 Å². The minimum absolute atomic E-state index is 0. The van der Waals surface area contributed by atoms with E-state index in [0.717, 1.165) is 19.6 Å². The molecule has 0 aliphatic heterocycles. The van der Waals surface area contributed by atoms with E-state index in [9.17, 15) is 8.42 Å². The highest BCUT2D eigenvalue weighted by Gasteiger charge is 2.29. The summed E-state index contributed by atoms with van der Waals surface area (Å²) >= 11 is 0. The normalized spacial score (nSPS) is 13.4. The van der Waals surface area contributed by atoms with Gasteiger partial charge in [0.25, 0.3) is 0 Å². The number of nitrogens with zero attached hydrogens (tertiary/aromatic N) is 2. The number of rotatable bonds is 9. The Morgan fingerprint density at radius 2 is 1.62 bits per heavy atom. The van der Waals surface area contributed by atoms with E-state index in [1.807, 2.05) is 6.92 Å². The summed E-state index contributed by atoms with van der Waals surface area (Å²) < 4.78 is 22.7. The molecule has 2 N–H and O–H groups in total. The highest BCUT2D eigenvalue weighted by Crippen LogP contribution is 2.15. The van der Waals surface area contributed by atoms with Crippen molar-refractivity contribution in [3.63, 3.8) is 0 Å². The number of aliphatic imine (C=N–C) groups is 1. The number of hydrogen-bond donors (Lipinski definition) is 2. The van der Waals surface area contributed by atoms with Gasteiger partial charge in [-0.3, -0.25) is 9.89 Å². The van der Waals surface area contributed by atoms with Gasteiger partial charge in [-0.1, -0.05) is 0 Å². The third-order valence-corrected chi connectivity index (χ3v) is 6.09. The fourth-order valence-corrected chi connectivity index (χ4v) is 2.44. The number of halogens is 1. The highest BCUT2D eigenvalue weighted by molar-refractivity contribution is 14.0. The molecular formula is C16H37IN4O2S. The number of hydrogen-bond acceptors (Lipinski definition) is 4. The molecule has 0 aromatic rings. The van der Waals surface area contributed by atoms with E-state index in [0.29, 0.717) is 18.0 Å². The van der Waals surface area contributed by atoms with Gasteiger partial charge in [0.05, 0.1) is 11.3 Å². The molecule has 24 heavy (non-hydrogen) atoms. The zero-order valence-corrected chi connectivity index (χ0v) is 19.7. The van der Waals surface area contributed by atoms with Crippen molar-refractivity contribution in [3.8, 4) is 0 Å². The summed E-state index contributed by atoms with van der Waals surface area (Å²) in [5.41, 5.74) is 0. The summed E-state index contributed by atoms with van der Waals surface area (Å²) in [6.45, 7) is 16.8. The van der Waals surface area contributed by atoms with Crippen LogP contribution >= 0.6 is 24.0 Å². The van der Waals surface area contributed by atoms with E-state index in [-0.39, 0.29) is 30.5 Å². The van der Waals surface area contributed by atoms with Crippen LogP contribution in [0.15, 0.2) is 4.99 Å². The first-order valence-corrected chi connectivity index (χ1v) is 10.3. The fraction of sp³-hybridized carbons (Fsp3) is 0.938. The summed E-state index contributed by atoms with van der Waals surface area (Å²) in [5, 5.41) is 6.45. The van der Waals surface area contributed by atoms with Crippen LogP contribution in [0, 0.1) is 0 Å². The zero-order chi connectivity index (χ0) is 18.3. The molecule has 0 saturated heterocycles. The average Bonchev–Trinajstić information content (AvgIpc) is 2.38. The molecule has 8 heteroatoms. The van der Waals surface area contributed by atoms with Gasteiger partial charge in [-0.2, -0.15) is 0 Å². The summed E-state index contributed by atoms with van der Waals surface area (Å²) in [5.74, 6) is 0.664. The van der Waals surface area contributed by atoms with Crippen LogP contribution in [-0.4, -0.2) is 68.5 Å². The zero-order valence-electron chi connectivity index (χ0n) is 16.5. The molecule has 0 saturated carbocycles. The molecule has 0 rings (SSSR count). The first-order valence-electron chi connectivity index (χ1n) is 8.40. The smallest absolute Gasteiger partial charge is 0.191 e. The van der Waals surface area contributed by atoms with E-state index in [1.54, 1.807) is 13.8 Å². The molecule has 0 aliphatic carbocycles. The van der Waals surface area contributed by atoms with E-state index in [2.05, 4.69) is 48.2 Å². The van der Waals surface area contributed by atoms with Crippen LogP contribution in [0.4, 0.5) is 0 Å². The van der Waals surface area contributed by atoms with Crippen molar-refractivity contribution in [1.82, 2.24) is 15.5 Å². The molecule has 0 spiro atoms. The molecule has 0 bridgehead atoms. The van der Waals surface area contributed by atoms with Crippen LogP contribution in [0.25, 0.3) is 0 Å². The molecule has 0 unspecified atom stereocenters. The van der Waals surface area contributed by atoms with Crippen LogP contribution in [-0.2, 0) is 9.84 Å². The van der Waals surface area contributed by atoms with Gasteiger partial charge in [-0.25, -0.2) is 8.42 Å². The molecule has 146 valence electrons. The average molecular weight is 476 g/mol. The lowest BCUT2D eigenvalue weighted by Gasteiger charge is -2.30. The lowest BCUT2D eigenvalue weighted by Crippen LogP contribution is -2.46. The van der Waals surface area contributed by atoms with Crippen LogP contribution in [0.3, 0.4) is 0 Å². The van der Waals surface area contributed by atoms with Crippen LogP contribution in [0.2, 0.25) is 0 Å². The van der Waals surface area contributed by atoms with E-state index >= 15 is 0 Å². The first-order chi connectivity index (χ1) is 10.4. The second-order valence-electron chi connectivity index (χ2n) is 7.08. The molecule has 0 amide bonds. The minimum atomic E-state index is -3.14. The van der Waals surface area contributed by atoms with Gasteiger partial charge >= 0.3 is 0 Å². The van der Waals surface area contributed by atoms with Crippen molar-refractivity contribution in [2.24, 2.45) is 4.99 Å². The quantitative estimate of drug-likeness (QED) is 0.303. The third kappa shape index (κ3) is 9.41. The number of nitrogens with one attached hydrogen (secondary N) is 2. The molecule has 0 aromatic heterocycles. The maximum absolute atomic E-state index is 11.8.